The standard InChI is InChI=1S/C13H15ClN2S/c1-10(12-6-4-8-17-12)16(2)13-11(9-14)5-3-7-15-13/h3-8,10H,9H2,1-2H3. The van der Waals surface area contributed by atoms with Crippen molar-refractivity contribution >= 4 is 28.8 Å². The van der Waals surface area contributed by atoms with Gasteiger partial charge < -0.3 is 4.90 Å². The Morgan fingerprint density at radius 3 is 2.88 bits per heavy atom. The first-order valence-electron chi connectivity index (χ1n) is 5.50. The Morgan fingerprint density at radius 2 is 2.24 bits per heavy atom. The van der Waals surface area contributed by atoms with Crippen LogP contribution in [0, 0.1) is 0 Å². The SMILES string of the molecule is CC(c1cccs1)N(C)c1ncccc1CCl. The fraction of sp³-hybridized carbons (Fsp3) is 0.308. The second-order valence-electron chi connectivity index (χ2n) is 3.92. The van der Waals surface area contributed by atoms with Crippen LogP contribution in [0.1, 0.15) is 23.4 Å². The molecular weight excluding hydrogens is 252 g/mol. The first-order chi connectivity index (χ1) is 8.24. The highest BCUT2D eigenvalue weighted by Crippen LogP contribution is 2.29. The molecule has 90 valence electrons. The summed E-state index contributed by atoms with van der Waals surface area (Å²) in [7, 11) is 2.06. The third-order valence-corrected chi connectivity index (χ3v) is 4.21. The van der Waals surface area contributed by atoms with E-state index < -0.39 is 0 Å². The maximum Gasteiger partial charge on any atom is 0.133 e. The minimum atomic E-state index is 0.312. The van der Waals surface area contributed by atoms with E-state index in [4.69, 9.17) is 11.6 Å². The number of anilines is 1. The first kappa shape index (κ1) is 12.4. The normalized spacial score (nSPS) is 12.4. The Balaban J connectivity index is 2.27. The van der Waals surface area contributed by atoms with Crippen molar-refractivity contribution in [1.82, 2.24) is 4.98 Å². The third-order valence-electron chi connectivity index (χ3n) is 2.88. The number of hydrogen-bond acceptors (Lipinski definition) is 3. The van der Waals surface area contributed by atoms with E-state index >= 15 is 0 Å². The van der Waals surface area contributed by atoms with Crippen LogP contribution in [-0.4, -0.2) is 12.0 Å². The number of hydrogen-bond donors (Lipinski definition) is 0. The molecule has 0 radical (unpaired) electrons. The molecule has 0 aliphatic carbocycles. The van der Waals surface area contributed by atoms with Crippen molar-refractivity contribution in [2.24, 2.45) is 0 Å². The van der Waals surface area contributed by atoms with Crippen LogP contribution in [0.2, 0.25) is 0 Å². The lowest BCUT2D eigenvalue weighted by Gasteiger charge is -2.26. The molecule has 4 heteroatoms. The minimum absolute atomic E-state index is 0.312. The Hall–Kier alpha value is -1.06. The number of alkyl halides is 1. The molecule has 2 aromatic heterocycles. The lowest BCUT2D eigenvalue weighted by molar-refractivity contribution is 0.738. The Bertz CT molecular complexity index is 470. The highest BCUT2D eigenvalue weighted by Gasteiger charge is 2.16. The van der Waals surface area contributed by atoms with Gasteiger partial charge in [0.1, 0.15) is 5.82 Å². The molecule has 0 aliphatic rings. The van der Waals surface area contributed by atoms with Crippen LogP contribution < -0.4 is 4.90 Å². The molecule has 0 aliphatic heterocycles. The third kappa shape index (κ3) is 2.61. The molecule has 0 fully saturated rings. The molecule has 1 unspecified atom stereocenters. The van der Waals surface area contributed by atoms with E-state index in [1.807, 2.05) is 18.3 Å². The molecule has 0 amide bonds. The summed E-state index contributed by atoms with van der Waals surface area (Å²) >= 11 is 7.71. The molecule has 1 atom stereocenters. The van der Waals surface area contributed by atoms with Crippen molar-refractivity contribution in [3.05, 3.63) is 46.3 Å². The summed E-state index contributed by atoms with van der Waals surface area (Å²) in [6.07, 6.45) is 1.81. The van der Waals surface area contributed by atoms with Crippen LogP contribution in [0.25, 0.3) is 0 Å². The van der Waals surface area contributed by atoms with Gasteiger partial charge in [0.2, 0.25) is 0 Å². The molecule has 17 heavy (non-hydrogen) atoms. The number of halogens is 1. The topological polar surface area (TPSA) is 16.1 Å². The number of aromatic nitrogens is 1. The molecule has 0 saturated heterocycles. The van der Waals surface area contributed by atoms with Crippen molar-refractivity contribution in [3.8, 4) is 0 Å². The summed E-state index contributed by atoms with van der Waals surface area (Å²) < 4.78 is 0. The molecular formula is C13H15ClN2S. The first-order valence-corrected chi connectivity index (χ1v) is 6.91. The predicted molar refractivity (Wildman–Crippen MR) is 74.9 cm³/mol. The molecule has 2 nitrogen and oxygen atoms in total. The van der Waals surface area contributed by atoms with Crippen LogP contribution in [-0.2, 0) is 5.88 Å². The van der Waals surface area contributed by atoms with E-state index in [1.54, 1.807) is 11.3 Å². The van der Waals surface area contributed by atoms with Gasteiger partial charge in [0.15, 0.2) is 0 Å². The average molecular weight is 267 g/mol. The molecule has 2 rings (SSSR count). The zero-order chi connectivity index (χ0) is 12.3. The second-order valence-corrected chi connectivity index (χ2v) is 5.17. The molecule has 0 saturated carbocycles. The van der Waals surface area contributed by atoms with Crippen LogP contribution >= 0.6 is 22.9 Å². The number of rotatable bonds is 4. The Labute approximate surface area is 111 Å². The van der Waals surface area contributed by atoms with E-state index in [0.717, 1.165) is 11.4 Å². The van der Waals surface area contributed by atoms with E-state index in [9.17, 15) is 0 Å². The van der Waals surface area contributed by atoms with Crippen LogP contribution in [0.3, 0.4) is 0 Å². The summed E-state index contributed by atoms with van der Waals surface area (Å²) in [6, 6.07) is 8.48. The largest absolute Gasteiger partial charge is 0.352 e. The van der Waals surface area contributed by atoms with Crippen molar-refractivity contribution in [3.63, 3.8) is 0 Å². The highest BCUT2D eigenvalue weighted by atomic mass is 35.5. The van der Waals surface area contributed by atoms with Crippen molar-refractivity contribution in [2.75, 3.05) is 11.9 Å². The zero-order valence-electron chi connectivity index (χ0n) is 9.93. The number of pyridine rings is 1. The van der Waals surface area contributed by atoms with Gasteiger partial charge >= 0.3 is 0 Å². The zero-order valence-corrected chi connectivity index (χ0v) is 11.5. The van der Waals surface area contributed by atoms with Crippen molar-refractivity contribution in [2.45, 2.75) is 18.8 Å². The van der Waals surface area contributed by atoms with Crippen LogP contribution in [0.15, 0.2) is 35.8 Å². The van der Waals surface area contributed by atoms with Gasteiger partial charge in [-0.2, -0.15) is 0 Å². The molecule has 0 aromatic carbocycles. The average Bonchev–Trinajstić information content (AvgIpc) is 2.90. The van der Waals surface area contributed by atoms with E-state index in [-0.39, 0.29) is 0 Å². The number of thiophene rings is 1. The minimum Gasteiger partial charge on any atom is -0.352 e. The van der Waals surface area contributed by atoms with E-state index in [1.165, 1.54) is 4.88 Å². The Kier molecular flexibility index (Phi) is 4.02. The van der Waals surface area contributed by atoms with Gasteiger partial charge in [-0.3, -0.25) is 0 Å². The van der Waals surface area contributed by atoms with Gasteiger partial charge in [-0.25, -0.2) is 4.98 Å². The van der Waals surface area contributed by atoms with Crippen molar-refractivity contribution < 1.29 is 0 Å². The Morgan fingerprint density at radius 1 is 1.41 bits per heavy atom. The van der Waals surface area contributed by atoms with Crippen LogP contribution in [0.5, 0.6) is 0 Å². The quantitative estimate of drug-likeness (QED) is 0.776. The molecule has 0 N–H and O–H groups in total. The maximum atomic E-state index is 5.94. The van der Waals surface area contributed by atoms with Crippen LogP contribution in [0.4, 0.5) is 5.82 Å². The van der Waals surface area contributed by atoms with Gasteiger partial charge in [-0.15, -0.1) is 22.9 Å². The number of nitrogens with zero attached hydrogens (tertiary/aromatic N) is 2. The smallest absolute Gasteiger partial charge is 0.133 e. The van der Waals surface area contributed by atoms with Crippen molar-refractivity contribution in [1.29, 1.82) is 0 Å². The molecule has 2 heterocycles. The summed E-state index contributed by atoms with van der Waals surface area (Å²) in [5.41, 5.74) is 1.07. The van der Waals surface area contributed by atoms with Gasteiger partial charge in [-0.05, 0) is 24.4 Å². The van der Waals surface area contributed by atoms with Gasteiger partial charge in [0.25, 0.3) is 0 Å². The molecule has 0 bridgehead atoms. The maximum absolute atomic E-state index is 5.94. The summed E-state index contributed by atoms with van der Waals surface area (Å²) in [5.74, 6) is 1.45. The monoisotopic (exact) mass is 266 g/mol. The lowest BCUT2D eigenvalue weighted by atomic mass is 10.2. The highest BCUT2D eigenvalue weighted by molar-refractivity contribution is 7.10. The summed E-state index contributed by atoms with van der Waals surface area (Å²) in [6.45, 7) is 2.18. The molecule has 0 spiro atoms. The van der Waals surface area contributed by atoms with E-state index in [2.05, 4.69) is 41.4 Å². The second kappa shape index (κ2) is 5.52. The fourth-order valence-corrected chi connectivity index (χ4v) is 2.79. The van der Waals surface area contributed by atoms with Gasteiger partial charge in [0, 0.05) is 23.7 Å². The van der Waals surface area contributed by atoms with Gasteiger partial charge in [0.05, 0.1) is 11.9 Å². The predicted octanol–water partition coefficient (Wildman–Crippen LogP) is 4.08. The van der Waals surface area contributed by atoms with Gasteiger partial charge in [-0.1, -0.05) is 12.1 Å². The fourth-order valence-electron chi connectivity index (χ4n) is 1.76. The molecule has 2 aromatic rings. The summed E-state index contributed by atoms with van der Waals surface area (Å²) in [4.78, 5) is 7.93. The van der Waals surface area contributed by atoms with E-state index in [0.29, 0.717) is 11.9 Å². The summed E-state index contributed by atoms with van der Waals surface area (Å²) in [5, 5.41) is 2.10. The lowest BCUT2D eigenvalue weighted by Crippen LogP contribution is -2.23.